The molecule has 0 heterocycles. The number of carbonyl (C=O) groups is 2. The van der Waals surface area contributed by atoms with E-state index in [0.29, 0.717) is 17.1 Å². The van der Waals surface area contributed by atoms with Crippen molar-refractivity contribution >= 4 is 18.0 Å². The largest absolute Gasteiger partial charge is 0.493 e. The molecule has 0 bridgehead atoms. The van der Waals surface area contributed by atoms with Gasteiger partial charge in [-0.3, -0.25) is 4.79 Å². The number of ether oxygens (including phenoxy) is 3. The molecular formula is C20H18N2O5. The summed E-state index contributed by atoms with van der Waals surface area (Å²) in [5.74, 6) is -0.693. The normalized spacial score (nSPS) is 10.6. The van der Waals surface area contributed by atoms with Gasteiger partial charge in [0.25, 0.3) is 5.91 Å². The zero-order valence-electron chi connectivity index (χ0n) is 14.7. The first kappa shape index (κ1) is 19.5. The Balaban J connectivity index is 2.12. The van der Waals surface area contributed by atoms with Crippen molar-refractivity contribution < 1.29 is 23.8 Å². The number of benzene rings is 2. The van der Waals surface area contributed by atoms with E-state index >= 15 is 0 Å². The zero-order valence-corrected chi connectivity index (χ0v) is 14.7. The summed E-state index contributed by atoms with van der Waals surface area (Å²) < 4.78 is 15.6. The van der Waals surface area contributed by atoms with E-state index in [-0.39, 0.29) is 18.8 Å². The minimum atomic E-state index is -0.727. The number of nitrogens with zero attached hydrogens (tertiary/aromatic N) is 1. The van der Waals surface area contributed by atoms with Crippen LogP contribution in [0.4, 0.5) is 0 Å². The first-order chi connectivity index (χ1) is 13.0. The van der Waals surface area contributed by atoms with Gasteiger partial charge in [0.2, 0.25) is 0 Å². The Morgan fingerprint density at radius 1 is 1.15 bits per heavy atom. The van der Waals surface area contributed by atoms with Gasteiger partial charge in [-0.15, -0.1) is 0 Å². The molecule has 0 aliphatic carbocycles. The molecule has 0 fully saturated rings. The van der Waals surface area contributed by atoms with Crippen LogP contribution in [0.25, 0.3) is 6.08 Å². The number of nitriles is 1. The average molecular weight is 366 g/mol. The number of amides is 1. The molecule has 1 amide bonds. The molecule has 0 saturated carbocycles. The zero-order chi connectivity index (χ0) is 19.6. The number of methoxy groups -OCH3 is 1. The number of nitrogens with two attached hydrogens (primary N) is 1. The number of esters is 1. The van der Waals surface area contributed by atoms with Crippen LogP contribution in [0.2, 0.25) is 0 Å². The van der Waals surface area contributed by atoms with Crippen LogP contribution in [-0.2, 0) is 20.9 Å². The minimum absolute atomic E-state index is 0.0713. The van der Waals surface area contributed by atoms with Crippen molar-refractivity contribution in [1.29, 1.82) is 5.26 Å². The highest BCUT2D eigenvalue weighted by molar-refractivity contribution is 5.98. The summed E-state index contributed by atoms with van der Waals surface area (Å²) in [5.41, 5.74) is 6.25. The molecule has 7 heteroatoms. The van der Waals surface area contributed by atoms with E-state index in [9.17, 15) is 14.9 Å². The summed E-state index contributed by atoms with van der Waals surface area (Å²) >= 11 is 0. The van der Waals surface area contributed by atoms with E-state index in [4.69, 9.17) is 19.9 Å². The monoisotopic (exact) mass is 366 g/mol. The lowest BCUT2D eigenvalue weighted by Crippen LogP contribution is -2.20. The fraction of sp³-hybridized carbons (Fsp3) is 0.150. The smallest absolute Gasteiger partial charge is 0.349 e. The molecule has 0 aliphatic heterocycles. The van der Waals surface area contributed by atoms with Crippen LogP contribution in [-0.4, -0.2) is 25.6 Å². The van der Waals surface area contributed by atoms with Crippen LogP contribution in [0.5, 0.6) is 11.5 Å². The molecule has 2 aromatic carbocycles. The summed E-state index contributed by atoms with van der Waals surface area (Å²) in [5, 5.41) is 9.25. The molecular weight excluding hydrogens is 348 g/mol. The second-order valence-corrected chi connectivity index (χ2v) is 5.40. The van der Waals surface area contributed by atoms with Crippen LogP contribution in [0.3, 0.4) is 0 Å². The molecule has 0 aromatic heterocycles. The molecule has 0 saturated heterocycles. The van der Waals surface area contributed by atoms with Gasteiger partial charge in [-0.05, 0) is 29.3 Å². The molecule has 0 radical (unpaired) electrons. The fourth-order valence-corrected chi connectivity index (χ4v) is 2.15. The lowest BCUT2D eigenvalue weighted by Gasteiger charge is -2.10. The SMILES string of the molecule is COc1cc(C=C(C#N)C(=O)OCc2ccccc2)ccc1OCC(N)=O. The van der Waals surface area contributed by atoms with Crippen LogP contribution in [0, 0.1) is 11.3 Å². The summed E-state index contributed by atoms with van der Waals surface area (Å²) in [6.45, 7) is -0.220. The quantitative estimate of drug-likeness (QED) is 0.435. The number of carbonyl (C=O) groups excluding carboxylic acids is 2. The van der Waals surface area contributed by atoms with Crippen molar-refractivity contribution in [3.63, 3.8) is 0 Å². The van der Waals surface area contributed by atoms with E-state index in [2.05, 4.69) is 0 Å². The number of rotatable bonds is 8. The van der Waals surface area contributed by atoms with Gasteiger partial charge in [0.05, 0.1) is 7.11 Å². The van der Waals surface area contributed by atoms with Crippen LogP contribution >= 0.6 is 0 Å². The second-order valence-electron chi connectivity index (χ2n) is 5.40. The van der Waals surface area contributed by atoms with Gasteiger partial charge in [0, 0.05) is 0 Å². The Labute approximate surface area is 156 Å². The molecule has 0 unspecified atom stereocenters. The van der Waals surface area contributed by atoms with Crippen molar-refractivity contribution in [1.82, 2.24) is 0 Å². The molecule has 2 rings (SSSR count). The predicted molar refractivity (Wildman–Crippen MR) is 97.5 cm³/mol. The third kappa shape index (κ3) is 5.90. The fourth-order valence-electron chi connectivity index (χ4n) is 2.15. The third-order valence-electron chi connectivity index (χ3n) is 3.42. The Morgan fingerprint density at radius 3 is 2.52 bits per heavy atom. The number of primary amides is 1. The Hall–Kier alpha value is -3.79. The van der Waals surface area contributed by atoms with Crippen LogP contribution < -0.4 is 15.2 Å². The molecule has 0 aliphatic rings. The van der Waals surface area contributed by atoms with E-state index < -0.39 is 11.9 Å². The maximum Gasteiger partial charge on any atom is 0.349 e. The van der Waals surface area contributed by atoms with Gasteiger partial charge in [0.15, 0.2) is 18.1 Å². The first-order valence-corrected chi connectivity index (χ1v) is 7.95. The lowest BCUT2D eigenvalue weighted by atomic mass is 10.1. The van der Waals surface area contributed by atoms with Crippen molar-refractivity contribution in [2.75, 3.05) is 13.7 Å². The number of hydrogen-bond acceptors (Lipinski definition) is 6. The lowest BCUT2D eigenvalue weighted by molar-refractivity contribution is -0.139. The summed E-state index contributed by atoms with van der Waals surface area (Å²) in [6.07, 6.45) is 1.38. The third-order valence-corrected chi connectivity index (χ3v) is 3.42. The molecule has 7 nitrogen and oxygen atoms in total. The van der Waals surface area contributed by atoms with Crippen molar-refractivity contribution in [2.24, 2.45) is 5.73 Å². The van der Waals surface area contributed by atoms with Gasteiger partial charge < -0.3 is 19.9 Å². The maximum absolute atomic E-state index is 12.1. The van der Waals surface area contributed by atoms with Gasteiger partial charge in [-0.1, -0.05) is 36.4 Å². The summed E-state index contributed by atoms with van der Waals surface area (Å²) in [6, 6.07) is 15.7. The predicted octanol–water partition coefficient (Wildman–Crippen LogP) is 2.21. The van der Waals surface area contributed by atoms with E-state index in [1.807, 2.05) is 36.4 Å². The Kier molecular flexibility index (Phi) is 6.97. The average Bonchev–Trinajstić information content (AvgIpc) is 2.69. The van der Waals surface area contributed by atoms with Crippen molar-refractivity contribution in [3.05, 3.63) is 65.2 Å². The van der Waals surface area contributed by atoms with Crippen LogP contribution in [0.1, 0.15) is 11.1 Å². The molecule has 27 heavy (non-hydrogen) atoms. The van der Waals surface area contributed by atoms with Gasteiger partial charge in [0.1, 0.15) is 18.2 Å². The molecule has 2 N–H and O–H groups in total. The highest BCUT2D eigenvalue weighted by Gasteiger charge is 2.12. The Bertz CT molecular complexity index is 885. The topological polar surface area (TPSA) is 112 Å². The van der Waals surface area contributed by atoms with E-state index in [1.165, 1.54) is 13.2 Å². The highest BCUT2D eigenvalue weighted by atomic mass is 16.5. The molecule has 2 aromatic rings. The van der Waals surface area contributed by atoms with Crippen LogP contribution in [0.15, 0.2) is 54.1 Å². The maximum atomic E-state index is 12.1. The van der Waals surface area contributed by atoms with Crippen molar-refractivity contribution in [3.8, 4) is 17.6 Å². The number of hydrogen-bond donors (Lipinski definition) is 1. The van der Waals surface area contributed by atoms with Crippen molar-refractivity contribution in [2.45, 2.75) is 6.61 Å². The minimum Gasteiger partial charge on any atom is -0.493 e. The first-order valence-electron chi connectivity index (χ1n) is 7.95. The molecule has 138 valence electrons. The summed E-state index contributed by atoms with van der Waals surface area (Å²) in [7, 11) is 1.43. The Morgan fingerprint density at radius 2 is 1.89 bits per heavy atom. The van der Waals surface area contributed by atoms with Gasteiger partial charge in [-0.2, -0.15) is 5.26 Å². The van der Waals surface area contributed by atoms with Gasteiger partial charge in [-0.25, -0.2) is 4.79 Å². The highest BCUT2D eigenvalue weighted by Crippen LogP contribution is 2.29. The van der Waals surface area contributed by atoms with E-state index in [1.54, 1.807) is 18.2 Å². The molecule has 0 atom stereocenters. The summed E-state index contributed by atoms with van der Waals surface area (Å²) in [4.78, 5) is 23.0. The standard InChI is InChI=1S/C20H18N2O5/c1-25-18-10-15(7-8-17(18)26-13-19(22)23)9-16(11-21)20(24)27-12-14-5-3-2-4-6-14/h2-10H,12-13H2,1H3,(H2,22,23). The van der Waals surface area contributed by atoms with E-state index in [0.717, 1.165) is 5.56 Å². The second kappa shape index (κ2) is 9.63. The molecule has 0 spiro atoms. The van der Waals surface area contributed by atoms with Gasteiger partial charge >= 0.3 is 5.97 Å².